The monoisotopic (exact) mass is 382 g/mol. The van der Waals surface area contributed by atoms with Crippen LogP contribution in [0.4, 0.5) is 0 Å². The number of likely N-dealkylation sites (N-methyl/N-ethyl adjacent to an activating group) is 1. The Hall–Kier alpha value is -2.86. The number of amides is 2. The van der Waals surface area contributed by atoms with Crippen molar-refractivity contribution in [3.63, 3.8) is 0 Å². The summed E-state index contributed by atoms with van der Waals surface area (Å²) in [7, 11) is 3.47. The van der Waals surface area contributed by atoms with Gasteiger partial charge in [-0.15, -0.1) is 0 Å². The fourth-order valence-corrected chi connectivity index (χ4v) is 3.45. The van der Waals surface area contributed by atoms with Crippen LogP contribution in [0, 0.1) is 0 Å². The average molecular weight is 382 g/mol. The van der Waals surface area contributed by atoms with E-state index in [0.717, 1.165) is 30.0 Å². The van der Waals surface area contributed by atoms with E-state index in [1.807, 2.05) is 66.5 Å². The predicted molar refractivity (Wildman–Crippen MR) is 107 cm³/mol. The number of carbonyl (C=O) groups excluding carboxylic acids is 2. The van der Waals surface area contributed by atoms with Gasteiger partial charge in [0.05, 0.1) is 33.3 Å². The Morgan fingerprint density at radius 1 is 1.07 bits per heavy atom. The third-order valence-electron chi connectivity index (χ3n) is 5.16. The van der Waals surface area contributed by atoms with E-state index in [-0.39, 0.29) is 11.8 Å². The molecule has 2 aromatic carbocycles. The number of rotatable bonds is 6. The molecule has 1 saturated heterocycles. The smallest absolute Gasteiger partial charge is 0.277 e. The first-order valence-corrected chi connectivity index (χ1v) is 9.61. The number of methoxy groups -OCH3 is 1. The van der Waals surface area contributed by atoms with E-state index in [1.165, 1.54) is 4.90 Å². The van der Waals surface area contributed by atoms with Crippen LogP contribution in [-0.4, -0.2) is 68.5 Å². The molecule has 1 N–H and O–H groups in total. The number of nitrogens with zero attached hydrogens (tertiary/aromatic N) is 2. The first-order chi connectivity index (χ1) is 13.6. The minimum atomic E-state index is 0.0705. The Bertz CT molecular complexity index is 802. The Labute approximate surface area is 166 Å². The highest BCUT2D eigenvalue weighted by atomic mass is 16.5. The summed E-state index contributed by atoms with van der Waals surface area (Å²) < 4.78 is 5.24. The standard InChI is InChI=1S/C22H27N3O3/c1-23(16-18-7-6-10-20(15-18)28-2)21(26)17-24-11-13-25(14-12-24)22(27)19-8-4-3-5-9-19/h3-10,15H,11-14,16-17H2,1-2H3/p+1. The fourth-order valence-electron chi connectivity index (χ4n) is 3.45. The maximum atomic E-state index is 12.6. The Kier molecular flexibility index (Phi) is 6.66. The van der Waals surface area contributed by atoms with Gasteiger partial charge in [0.25, 0.3) is 11.8 Å². The number of benzene rings is 2. The van der Waals surface area contributed by atoms with E-state index in [9.17, 15) is 9.59 Å². The summed E-state index contributed by atoms with van der Waals surface area (Å²) in [4.78, 5) is 30.0. The van der Waals surface area contributed by atoms with Crippen molar-refractivity contribution in [3.8, 4) is 5.75 Å². The van der Waals surface area contributed by atoms with Crippen LogP contribution in [0.3, 0.4) is 0 Å². The van der Waals surface area contributed by atoms with Gasteiger partial charge < -0.3 is 19.4 Å². The zero-order chi connectivity index (χ0) is 19.9. The van der Waals surface area contributed by atoms with Crippen LogP contribution in [0.15, 0.2) is 54.6 Å². The van der Waals surface area contributed by atoms with Gasteiger partial charge in [-0.2, -0.15) is 0 Å². The minimum Gasteiger partial charge on any atom is -0.497 e. The number of carbonyl (C=O) groups is 2. The molecule has 6 heteroatoms. The molecule has 1 aliphatic heterocycles. The van der Waals surface area contributed by atoms with Gasteiger partial charge >= 0.3 is 0 Å². The van der Waals surface area contributed by atoms with Crippen LogP contribution >= 0.6 is 0 Å². The van der Waals surface area contributed by atoms with E-state index in [1.54, 1.807) is 12.0 Å². The lowest BCUT2D eigenvalue weighted by Gasteiger charge is -2.32. The summed E-state index contributed by atoms with van der Waals surface area (Å²) in [5, 5.41) is 0. The van der Waals surface area contributed by atoms with Crippen molar-refractivity contribution >= 4 is 11.8 Å². The third-order valence-corrected chi connectivity index (χ3v) is 5.16. The van der Waals surface area contributed by atoms with Crippen LogP contribution in [0.25, 0.3) is 0 Å². The van der Waals surface area contributed by atoms with Crippen LogP contribution in [0.1, 0.15) is 15.9 Å². The minimum absolute atomic E-state index is 0.0705. The second-order valence-electron chi connectivity index (χ2n) is 7.19. The van der Waals surface area contributed by atoms with Gasteiger partial charge in [0, 0.05) is 19.2 Å². The van der Waals surface area contributed by atoms with E-state index < -0.39 is 0 Å². The number of hydrogen-bond acceptors (Lipinski definition) is 3. The van der Waals surface area contributed by atoms with Crippen LogP contribution in [-0.2, 0) is 11.3 Å². The van der Waals surface area contributed by atoms with Gasteiger partial charge in [-0.25, -0.2) is 0 Å². The highest BCUT2D eigenvalue weighted by Gasteiger charge is 2.26. The summed E-state index contributed by atoms with van der Waals surface area (Å²) in [6, 6.07) is 17.1. The maximum Gasteiger partial charge on any atom is 0.277 e. The van der Waals surface area contributed by atoms with Gasteiger partial charge in [-0.1, -0.05) is 30.3 Å². The van der Waals surface area contributed by atoms with Gasteiger partial charge in [0.2, 0.25) is 0 Å². The molecule has 1 fully saturated rings. The van der Waals surface area contributed by atoms with E-state index in [4.69, 9.17) is 4.74 Å². The molecule has 2 amide bonds. The van der Waals surface area contributed by atoms with Gasteiger partial charge in [0.15, 0.2) is 6.54 Å². The molecular weight excluding hydrogens is 354 g/mol. The SMILES string of the molecule is COc1cccc(CN(C)C(=O)C[NH+]2CCN(C(=O)c3ccccc3)CC2)c1. The van der Waals surface area contributed by atoms with Crippen LogP contribution < -0.4 is 9.64 Å². The van der Waals surface area contributed by atoms with Crippen molar-refractivity contribution in [1.82, 2.24) is 9.80 Å². The van der Waals surface area contributed by atoms with Crippen molar-refractivity contribution < 1.29 is 19.2 Å². The first kappa shape index (κ1) is 19.9. The molecule has 148 valence electrons. The van der Waals surface area contributed by atoms with Crippen molar-refractivity contribution in [2.75, 3.05) is 46.9 Å². The quantitative estimate of drug-likeness (QED) is 0.800. The van der Waals surface area contributed by atoms with E-state index in [0.29, 0.717) is 26.2 Å². The largest absolute Gasteiger partial charge is 0.497 e. The van der Waals surface area contributed by atoms with Crippen molar-refractivity contribution in [2.24, 2.45) is 0 Å². The first-order valence-electron chi connectivity index (χ1n) is 9.61. The molecule has 0 bridgehead atoms. The zero-order valence-electron chi connectivity index (χ0n) is 16.6. The summed E-state index contributed by atoms with van der Waals surface area (Å²) in [6.45, 7) is 3.94. The van der Waals surface area contributed by atoms with Gasteiger partial charge in [-0.3, -0.25) is 9.59 Å². The summed E-state index contributed by atoms with van der Waals surface area (Å²) in [5.74, 6) is 0.977. The molecule has 0 aliphatic carbocycles. The van der Waals surface area contributed by atoms with E-state index in [2.05, 4.69) is 0 Å². The maximum absolute atomic E-state index is 12.6. The third kappa shape index (κ3) is 5.10. The number of hydrogen-bond donors (Lipinski definition) is 1. The van der Waals surface area contributed by atoms with Crippen molar-refractivity contribution in [2.45, 2.75) is 6.54 Å². The molecule has 1 heterocycles. The number of nitrogens with one attached hydrogen (secondary N) is 1. The summed E-state index contributed by atoms with van der Waals surface area (Å²) in [6.07, 6.45) is 0. The molecule has 1 aliphatic rings. The molecule has 0 spiro atoms. The van der Waals surface area contributed by atoms with Gasteiger partial charge in [0.1, 0.15) is 5.75 Å². The molecule has 0 unspecified atom stereocenters. The summed E-state index contributed by atoms with van der Waals surface area (Å²) >= 11 is 0. The van der Waals surface area contributed by atoms with Crippen LogP contribution in [0.5, 0.6) is 5.75 Å². The Balaban J connectivity index is 1.47. The van der Waals surface area contributed by atoms with Crippen molar-refractivity contribution in [3.05, 3.63) is 65.7 Å². The molecule has 0 saturated carbocycles. The molecule has 0 atom stereocenters. The second kappa shape index (κ2) is 9.37. The molecular formula is C22H28N3O3+. The highest BCUT2D eigenvalue weighted by molar-refractivity contribution is 5.94. The number of quaternary nitrogens is 1. The molecule has 28 heavy (non-hydrogen) atoms. The lowest BCUT2D eigenvalue weighted by molar-refractivity contribution is -0.896. The Morgan fingerprint density at radius 3 is 2.46 bits per heavy atom. The Morgan fingerprint density at radius 2 is 1.79 bits per heavy atom. The molecule has 0 radical (unpaired) electrons. The van der Waals surface area contributed by atoms with E-state index >= 15 is 0 Å². The molecule has 6 nitrogen and oxygen atoms in total. The highest BCUT2D eigenvalue weighted by Crippen LogP contribution is 2.13. The number of ether oxygens (including phenoxy) is 1. The second-order valence-corrected chi connectivity index (χ2v) is 7.19. The lowest BCUT2D eigenvalue weighted by atomic mass is 10.2. The number of piperazine rings is 1. The van der Waals surface area contributed by atoms with Crippen molar-refractivity contribution in [1.29, 1.82) is 0 Å². The fraction of sp³-hybridized carbons (Fsp3) is 0.364. The molecule has 2 aromatic rings. The molecule has 0 aromatic heterocycles. The topological polar surface area (TPSA) is 54.3 Å². The van der Waals surface area contributed by atoms with Crippen LogP contribution in [0.2, 0.25) is 0 Å². The average Bonchev–Trinajstić information content (AvgIpc) is 2.74. The predicted octanol–water partition coefficient (Wildman–Crippen LogP) is 0.695. The summed E-state index contributed by atoms with van der Waals surface area (Å²) in [5.41, 5.74) is 1.77. The molecule has 3 rings (SSSR count). The normalized spacial score (nSPS) is 14.6. The lowest BCUT2D eigenvalue weighted by Crippen LogP contribution is -3.15. The van der Waals surface area contributed by atoms with Gasteiger partial charge in [-0.05, 0) is 29.8 Å². The zero-order valence-corrected chi connectivity index (χ0v) is 16.6.